The Balaban J connectivity index is 1.48. The van der Waals surface area contributed by atoms with Gasteiger partial charge in [0.1, 0.15) is 11.9 Å². The molecule has 0 saturated carbocycles. The molecule has 0 saturated heterocycles. The van der Waals surface area contributed by atoms with Gasteiger partial charge in [-0.1, -0.05) is 18.2 Å². The van der Waals surface area contributed by atoms with Crippen LogP contribution in [0.3, 0.4) is 0 Å². The van der Waals surface area contributed by atoms with E-state index in [0.717, 1.165) is 12.2 Å². The fraction of sp³-hybridized carbons (Fsp3) is 0.200. The van der Waals surface area contributed by atoms with Crippen molar-refractivity contribution in [2.24, 2.45) is 0 Å². The van der Waals surface area contributed by atoms with Gasteiger partial charge in [0.2, 0.25) is 0 Å². The molecule has 1 aromatic heterocycles. The zero-order valence-corrected chi connectivity index (χ0v) is 10.9. The summed E-state index contributed by atoms with van der Waals surface area (Å²) in [5.41, 5.74) is 1.85. The molecule has 2 heterocycles. The molecule has 0 radical (unpaired) electrons. The quantitative estimate of drug-likeness (QED) is 0.898. The summed E-state index contributed by atoms with van der Waals surface area (Å²) in [5.74, 6) is 0.909. The Morgan fingerprint density at radius 2 is 2.20 bits per heavy atom. The molecular formula is C15H15N3O2. The Morgan fingerprint density at radius 3 is 3.00 bits per heavy atom. The highest BCUT2D eigenvalue weighted by Crippen LogP contribution is 2.27. The highest BCUT2D eigenvalue weighted by molar-refractivity contribution is 5.88. The lowest BCUT2D eigenvalue weighted by Crippen LogP contribution is -2.37. The van der Waals surface area contributed by atoms with Gasteiger partial charge in [-0.25, -0.2) is 4.79 Å². The molecule has 1 aliphatic heterocycles. The van der Waals surface area contributed by atoms with Crippen LogP contribution in [0.5, 0.6) is 5.75 Å². The minimum Gasteiger partial charge on any atom is -0.488 e. The van der Waals surface area contributed by atoms with Crippen LogP contribution in [0.15, 0.2) is 48.8 Å². The van der Waals surface area contributed by atoms with Crippen molar-refractivity contribution in [1.82, 2.24) is 10.3 Å². The number of para-hydroxylation sites is 1. The van der Waals surface area contributed by atoms with E-state index in [1.54, 1.807) is 24.5 Å². The van der Waals surface area contributed by atoms with E-state index >= 15 is 0 Å². The maximum Gasteiger partial charge on any atom is 0.319 e. The first-order valence-electron chi connectivity index (χ1n) is 6.51. The molecule has 1 aliphatic rings. The highest BCUT2D eigenvalue weighted by Gasteiger charge is 2.22. The number of nitrogens with zero attached hydrogens (tertiary/aromatic N) is 1. The number of hydrogen-bond donors (Lipinski definition) is 2. The number of urea groups is 1. The lowest BCUT2D eigenvalue weighted by molar-refractivity contribution is 0.219. The van der Waals surface area contributed by atoms with E-state index in [1.165, 1.54) is 5.56 Å². The van der Waals surface area contributed by atoms with Gasteiger partial charge < -0.3 is 15.4 Å². The predicted octanol–water partition coefficient (Wildman–Crippen LogP) is 2.21. The number of nitrogens with one attached hydrogen (secondary N) is 2. The Bertz CT molecular complexity index is 576. The number of hydrogen-bond acceptors (Lipinski definition) is 3. The molecule has 0 fully saturated rings. The molecule has 2 amide bonds. The van der Waals surface area contributed by atoms with E-state index < -0.39 is 0 Å². The van der Waals surface area contributed by atoms with Crippen molar-refractivity contribution in [3.05, 3.63) is 54.4 Å². The fourth-order valence-electron chi connectivity index (χ4n) is 2.19. The van der Waals surface area contributed by atoms with Gasteiger partial charge in [-0.2, -0.15) is 0 Å². The van der Waals surface area contributed by atoms with E-state index in [2.05, 4.69) is 15.6 Å². The van der Waals surface area contributed by atoms with Crippen LogP contribution in [-0.2, 0) is 6.42 Å². The number of anilines is 1. The normalized spacial score (nSPS) is 16.1. The standard InChI is InChI=1S/C15H15N3O2/c19-15(18-12-5-3-7-16-9-12)17-10-13-8-11-4-1-2-6-14(11)20-13/h1-7,9,13H,8,10H2,(H2,17,18,19)/t13-/m0/s1. The minimum absolute atomic E-state index is 0.00736. The Labute approximate surface area is 117 Å². The molecule has 2 N–H and O–H groups in total. The molecule has 1 atom stereocenters. The largest absolute Gasteiger partial charge is 0.488 e. The van der Waals surface area contributed by atoms with Crippen molar-refractivity contribution < 1.29 is 9.53 Å². The molecule has 0 bridgehead atoms. The Kier molecular flexibility index (Phi) is 3.50. The maximum atomic E-state index is 11.7. The van der Waals surface area contributed by atoms with Gasteiger partial charge in [0.25, 0.3) is 0 Å². The molecule has 5 nitrogen and oxygen atoms in total. The van der Waals surface area contributed by atoms with Gasteiger partial charge in [0.15, 0.2) is 0 Å². The zero-order chi connectivity index (χ0) is 13.8. The zero-order valence-electron chi connectivity index (χ0n) is 10.9. The first-order valence-corrected chi connectivity index (χ1v) is 6.51. The summed E-state index contributed by atoms with van der Waals surface area (Å²) in [6.45, 7) is 0.473. The molecule has 3 rings (SSSR count). The van der Waals surface area contributed by atoms with Gasteiger partial charge in [0, 0.05) is 12.6 Å². The summed E-state index contributed by atoms with van der Waals surface area (Å²) in [6.07, 6.45) is 4.07. The fourth-order valence-corrected chi connectivity index (χ4v) is 2.19. The third kappa shape index (κ3) is 2.88. The predicted molar refractivity (Wildman–Crippen MR) is 75.8 cm³/mol. The van der Waals surface area contributed by atoms with Gasteiger partial charge in [-0.3, -0.25) is 4.98 Å². The number of amides is 2. The SMILES string of the molecule is O=C(NC[C@@H]1Cc2ccccc2O1)Nc1cccnc1. The van der Waals surface area contributed by atoms with Crippen molar-refractivity contribution in [2.75, 3.05) is 11.9 Å². The molecule has 102 valence electrons. The van der Waals surface area contributed by atoms with Crippen molar-refractivity contribution in [2.45, 2.75) is 12.5 Å². The second-order valence-corrected chi connectivity index (χ2v) is 4.63. The van der Waals surface area contributed by atoms with Gasteiger partial charge in [0.05, 0.1) is 18.4 Å². The number of carbonyl (C=O) groups excluding carboxylic acids is 1. The average Bonchev–Trinajstić information content (AvgIpc) is 2.89. The summed E-state index contributed by atoms with van der Waals surface area (Å²) in [4.78, 5) is 15.7. The third-order valence-electron chi connectivity index (χ3n) is 3.12. The van der Waals surface area contributed by atoms with Gasteiger partial charge in [-0.05, 0) is 23.8 Å². The van der Waals surface area contributed by atoms with Crippen LogP contribution in [0.2, 0.25) is 0 Å². The topological polar surface area (TPSA) is 63.2 Å². The lowest BCUT2D eigenvalue weighted by atomic mass is 10.1. The van der Waals surface area contributed by atoms with Crippen molar-refractivity contribution in [3.63, 3.8) is 0 Å². The first kappa shape index (κ1) is 12.5. The first-order chi connectivity index (χ1) is 9.81. The number of rotatable bonds is 3. The molecular weight excluding hydrogens is 254 g/mol. The van der Waals surface area contributed by atoms with Crippen molar-refractivity contribution >= 4 is 11.7 Å². The molecule has 2 aromatic rings. The van der Waals surface area contributed by atoms with E-state index in [9.17, 15) is 4.79 Å². The van der Waals surface area contributed by atoms with E-state index in [0.29, 0.717) is 12.2 Å². The number of ether oxygens (including phenoxy) is 1. The van der Waals surface area contributed by atoms with Crippen molar-refractivity contribution in [1.29, 1.82) is 0 Å². The van der Waals surface area contributed by atoms with E-state index in [4.69, 9.17) is 4.74 Å². The monoisotopic (exact) mass is 269 g/mol. The molecule has 5 heteroatoms. The number of aromatic nitrogens is 1. The number of fused-ring (bicyclic) bond motifs is 1. The lowest BCUT2D eigenvalue weighted by Gasteiger charge is -2.12. The third-order valence-corrected chi connectivity index (χ3v) is 3.12. The summed E-state index contributed by atoms with van der Waals surface area (Å²) in [7, 11) is 0. The van der Waals surface area contributed by atoms with Crippen LogP contribution in [0.4, 0.5) is 10.5 Å². The summed E-state index contributed by atoms with van der Waals surface area (Å²) in [6, 6.07) is 11.2. The minimum atomic E-state index is -0.252. The number of carbonyl (C=O) groups is 1. The highest BCUT2D eigenvalue weighted by atomic mass is 16.5. The summed E-state index contributed by atoms with van der Waals surface area (Å²) in [5, 5.41) is 5.52. The second kappa shape index (κ2) is 5.61. The average molecular weight is 269 g/mol. The number of benzene rings is 1. The Hall–Kier alpha value is -2.56. The van der Waals surface area contributed by atoms with Crippen LogP contribution >= 0.6 is 0 Å². The Morgan fingerprint density at radius 1 is 1.30 bits per heavy atom. The molecule has 1 aromatic carbocycles. The van der Waals surface area contributed by atoms with E-state index in [-0.39, 0.29) is 12.1 Å². The van der Waals surface area contributed by atoms with E-state index in [1.807, 2.05) is 24.3 Å². The molecule has 0 aliphatic carbocycles. The van der Waals surface area contributed by atoms with Crippen LogP contribution in [0.1, 0.15) is 5.56 Å². The van der Waals surface area contributed by atoms with Crippen LogP contribution in [-0.4, -0.2) is 23.7 Å². The summed E-state index contributed by atoms with van der Waals surface area (Å²) < 4.78 is 5.75. The maximum absolute atomic E-state index is 11.7. The molecule has 20 heavy (non-hydrogen) atoms. The van der Waals surface area contributed by atoms with Crippen molar-refractivity contribution in [3.8, 4) is 5.75 Å². The van der Waals surface area contributed by atoms with Crippen LogP contribution in [0.25, 0.3) is 0 Å². The van der Waals surface area contributed by atoms with Gasteiger partial charge in [-0.15, -0.1) is 0 Å². The van der Waals surface area contributed by atoms with Crippen LogP contribution < -0.4 is 15.4 Å². The van der Waals surface area contributed by atoms with Crippen LogP contribution in [0, 0.1) is 0 Å². The smallest absolute Gasteiger partial charge is 0.319 e. The molecule has 0 unspecified atom stereocenters. The summed E-state index contributed by atoms with van der Waals surface area (Å²) >= 11 is 0. The van der Waals surface area contributed by atoms with Gasteiger partial charge >= 0.3 is 6.03 Å². The molecule has 0 spiro atoms. The second-order valence-electron chi connectivity index (χ2n) is 4.63. The number of pyridine rings is 1.